The van der Waals surface area contributed by atoms with E-state index in [4.69, 9.17) is 4.74 Å². The predicted octanol–water partition coefficient (Wildman–Crippen LogP) is 6.68. The summed E-state index contributed by atoms with van der Waals surface area (Å²) >= 11 is 1.29. The largest absolute Gasteiger partial charge is 0.497 e. The summed E-state index contributed by atoms with van der Waals surface area (Å²) in [6.45, 7) is 0. The third kappa shape index (κ3) is 6.69. The van der Waals surface area contributed by atoms with Crippen LogP contribution in [0.15, 0.2) is 132 Å². The van der Waals surface area contributed by atoms with Crippen molar-refractivity contribution in [3.05, 3.63) is 138 Å². The maximum Gasteiger partial charge on any atom is 0.272 e. The zero-order valence-corrected chi connectivity index (χ0v) is 25.6. The molecule has 1 unspecified atom stereocenters. The minimum atomic E-state index is -0.571. The zero-order chi connectivity index (χ0) is 32.0. The van der Waals surface area contributed by atoms with Gasteiger partial charge in [0, 0.05) is 22.6 Å². The first-order valence-corrected chi connectivity index (χ1v) is 15.4. The topological polar surface area (TPSA) is 105 Å². The van der Waals surface area contributed by atoms with Crippen LogP contribution in [0, 0.1) is 0 Å². The molecule has 46 heavy (non-hydrogen) atoms. The van der Waals surface area contributed by atoms with Crippen molar-refractivity contribution >= 4 is 63.6 Å². The Morgan fingerprint density at radius 3 is 2.26 bits per heavy atom. The second-order valence-corrected chi connectivity index (χ2v) is 11.8. The van der Waals surface area contributed by atoms with Crippen molar-refractivity contribution in [3.8, 4) is 5.75 Å². The molecule has 1 saturated heterocycles. The van der Waals surface area contributed by atoms with Crippen molar-refractivity contribution in [1.29, 1.82) is 0 Å². The summed E-state index contributed by atoms with van der Waals surface area (Å²) in [5, 5.41) is 7.03. The van der Waals surface area contributed by atoms with Crippen LogP contribution < -0.4 is 20.3 Å². The van der Waals surface area contributed by atoms with Crippen molar-refractivity contribution < 1.29 is 23.9 Å². The van der Waals surface area contributed by atoms with Gasteiger partial charge in [-0.1, -0.05) is 60.7 Å². The number of nitrogens with zero attached hydrogens (tertiary/aromatic N) is 1. The molecular weight excluding hydrogens is 598 g/mol. The van der Waals surface area contributed by atoms with E-state index >= 15 is 0 Å². The maximum absolute atomic E-state index is 13.6. The van der Waals surface area contributed by atoms with Crippen LogP contribution in [0.5, 0.6) is 5.75 Å². The molecule has 2 N–H and O–H groups in total. The molecule has 0 radical (unpaired) electrons. The fourth-order valence-corrected chi connectivity index (χ4v) is 6.21. The number of ether oxygens (including phenoxy) is 1. The van der Waals surface area contributed by atoms with E-state index in [2.05, 4.69) is 10.6 Å². The fraction of sp³-hybridized carbons (Fsp3) is 0.0811. The Labute approximate surface area is 270 Å². The molecule has 1 aliphatic heterocycles. The Morgan fingerprint density at radius 2 is 1.52 bits per heavy atom. The fourth-order valence-electron chi connectivity index (χ4n) is 5.15. The number of carbonyl (C=O) groups is 4. The number of hydrogen-bond acceptors (Lipinski definition) is 6. The number of thioether (sulfide) groups is 1. The van der Waals surface area contributed by atoms with E-state index in [1.54, 1.807) is 86.0 Å². The van der Waals surface area contributed by atoms with Gasteiger partial charge >= 0.3 is 0 Å². The van der Waals surface area contributed by atoms with Gasteiger partial charge in [-0.2, -0.15) is 0 Å². The van der Waals surface area contributed by atoms with Gasteiger partial charge in [0.05, 0.1) is 18.0 Å². The normalized spacial score (nSPS) is 14.8. The molecule has 0 aliphatic carbocycles. The summed E-state index contributed by atoms with van der Waals surface area (Å²) in [6.07, 6.45) is 1.75. The molecule has 0 bridgehead atoms. The quantitative estimate of drug-likeness (QED) is 0.140. The number of rotatable bonds is 9. The first-order chi connectivity index (χ1) is 22.4. The number of carbonyl (C=O) groups excluding carboxylic acids is 4. The third-order valence-electron chi connectivity index (χ3n) is 7.48. The zero-order valence-electron chi connectivity index (χ0n) is 24.8. The summed E-state index contributed by atoms with van der Waals surface area (Å²) in [4.78, 5) is 54.5. The average molecular weight is 628 g/mol. The monoisotopic (exact) mass is 627 g/mol. The summed E-state index contributed by atoms with van der Waals surface area (Å²) in [5.41, 5.74) is 2.29. The second-order valence-electron chi connectivity index (χ2n) is 10.5. The lowest BCUT2D eigenvalue weighted by atomic mass is 10.0. The van der Waals surface area contributed by atoms with Gasteiger partial charge in [-0.3, -0.25) is 19.2 Å². The van der Waals surface area contributed by atoms with Gasteiger partial charge in [-0.25, -0.2) is 4.90 Å². The van der Waals surface area contributed by atoms with Crippen LogP contribution in [0.1, 0.15) is 22.3 Å². The average Bonchev–Trinajstić information content (AvgIpc) is 3.37. The number of anilines is 2. The maximum atomic E-state index is 13.6. The van der Waals surface area contributed by atoms with Gasteiger partial charge in [0.15, 0.2) is 0 Å². The van der Waals surface area contributed by atoms with Crippen molar-refractivity contribution in [2.75, 3.05) is 17.3 Å². The first-order valence-electron chi connectivity index (χ1n) is 14.5. The van der Waals surface area contributed by atoms with Crippen molar-refractivity contribution in [1.82, 2.24) is 5.32 Å². The van der Waals surface area contributed by atoms with Crippen LogP contribution in [0.25, 0.3) is 16.8 Å². The molecule has 5 aromatic carbocycles. The molecule has 1 heterocycles. The lowest BCUT2D eigenvalue weighted by molar-refractivity contribution is -0.121. The van der Waals surface area contributed by atoms with E-state index in [0.29, 0.717) is 22.7 Å². The van der Waals surface area contributed by atoms with E-state index in [1.807, 2.05) is 48.5 Å². The Bertz CT molecular complexity index is 1950. The highest BCUT2D eigenvalue weighted by Gasteiger charge is 2.40. The van der Waals surface area contributed by atoms with Crippen LogP contribution in [0.3, 0.4) is 0 Å². The third-order valence-corrected chi connectivity index (χ3v) is 8.68. The van der Waals surface area contributed by atoms with Gasteiger partial charge in [0.25, 0.3) is 11.8 Å². The lowest BCUT2D eigenvalue weighted by Crippen LogP contribution is -2.31. The van der Waals surface area contributed by atoms with Crippen LogP contribution in [0.2, 0.25) is 0 Å². The van der Waals surface area contributed by atoms with Gasteiger partial charge < -0.3 is 15.4 Å². The number of benzene rings is 5. The Morgan fingerprint density at radius 1 is 0.826 bits per heavy atom. The van der Waals surface area contributed by atoms with E-state index in [-0.39, 0.29) is 23.9 Å². The molecule has 9 heteroatoms. The van der Waals surface area contributed by atoms with Crippen LogP contribution in [-0.2, 0) is 14.4 Å². The molecule has 228 valence electrons. The van der Waals surface area contributed by atoms with Crippen molar-refractivity contribution in [2.24, 2.45) is 0 Å². The van der Waals surface area contributed by atoms with Crippen molar-refractivity contribution in [2.45, 2.75) is 16.6 Å². The number of fused-ring (bicyclic) bond motifs is 1. The first kappa shape index (κ1) is 30.4. The highest BCUT2D eigenvalue weighted by Crippen LogP contribution is 2.35. The number of methoxy groups -OCH3 is 1. The number of nitrogens with one attached hydrogen (secondary N) is 2. The minimum Gasteiger partial charge on any atom is -0.497 e. The molecular formula is C37H29N3O5S. The molecule has 6 rings (SSSR count). The van der Waals surface area contributed by atoms with Crippen molar-refractivity contribution in [3.63, 3.8) is 0 Å². The van der Waals surface area contributed by atoms with Gasteiger partial charge in [0.2, 0.25) is 11.8 Å². The molecule has 5 aromatic rings. The van der Waals surface area contributed by atoms with Gasteiger partial charge in [-0.05, 0) is 83.1 Å². The molecule has 4 amide bonds. The smallest absolute Gasteiger partial charge is 0.272 e. The number of hydrogen-bond donors (Lipinski definition) is 2. The lowest BCUT2D eigenvalue weighted by Gasteiger charge is -2.15. The van der Waals surface area contributed by atoms with E-state index in [9.17, 15) is 19.2 Å². The molecule has 8 nitrogen and oxygen atoms in total. The summed E-state index contributed by atoms with van der Waals surface area (Å²) in [7, 11) is 1.55. The molecule has 0 saturated carbocycles. The highest BCUT2D eigenvalue weighted by atomic mass is 32.2. The molecule has 0 aromatic heterocycles. The molecule has 1 fully saturated rings. The number of imide groups is 1. The van der Waals surface area contributed by atoms with Crippen LogP contribution in [-0.4, -0.2) is 36.0 Å². The SMILES string of the molecule is COc1ccc(N2C(=O)CC(Sc3ccc(NC(=O)/C(=C/c4cccc5ccccc45)NC(=O)c4ccccc4)cc3)C2=O)cc1. The predicted molar refractivity (Wildman–Crippen MR) is 181 cm³/mol. The molecule has 0 spiro atoms. The molecule has 1 aliphatic rings. The Balaban J connectivity index is 1.18. The summed E-state index contributed by atoms with van der Waals surface area (Å²) < 4.78 is 5.17. The van der Waals surface area contributed by atoms with Gasteiger partial charge in [-0.15, -0.1) is 11.8 Å². The molecule has 1 atom stereocenters. The van der Waals surface area contributed by atoms with Crippen LogP contribution in [0.4, 0.5) is 11.4 Å². The van der Waals surface area contributed by atoms with E-state index in [0.717, 1.165) is 21.2 Å². The van der Waals surface area contributed by atoms with Crippen LogP contribution >= 0.6 is 11.8 Å². The standard InChI is InChI=1S/C37H29N3O5S/c1-45-29-18-16-28(17-19-29)40-34(41)23-33(37(40)44)46-30-20-14-27(15-21-30)38-36(43)32(39-35(42)25-9-3-2-4-10-25)22-26-12-7-11-24-8-5-6-13-31(24)26/h2-22,33H,23H2,1H3,(H,38,43)(H,39,42)/b32-22-. The Kier molecular flexibility index (Phi) is 8.94. The Hall–Kier alpha value is -5.67. The second kappa shape index (κ2) is 13.5. The summed E-state index contributed by atoms with van der Waals surface area (Å²) in [6, 6.07) is 36.1. The number of amides is 4. The van der Waals surface area contributed by atoms with E-state index in [1.165, 1.54) is 16.7 Å². The minimum absolute atomic E-state index is 0.0808. The van der Waals surface area contributed by atoms with E-state index < -0.39 is 17.1 Å². The highest BCUT2D eigenvalue weighted by molar-refractivity contribution is 8.00. The summed E-state index contributed by atoms with van der Waals surface area (Å²) in [5.74, 6) is -0.817. The van der Waals surface area contributed by atoms with Gasteiger partial charge in [0.1, 0.15) is 11.4 Å².